The van der Waals surface area contributed by atoms with Crippen LogP contribution in [0, 0.1) is 5.82 Å². The van der Waals surface area contributed by atoms with E-state index in [2.05, 4.69) is 14.8 Å². The molecule has 1 aromatic heterocycles. The first-order valence-electron chi connectivity index (χ1n) is 8.94. The highest BCUT2D eigenvalue weighted by atomic mass is 19.1. The van der Waals surface area contributed by atoms with Crippen molar-refractivity contribution in [1.82, 2.24) is 19.7 Å². The zero-order valence-corrected chi connectivity index (χ0v) is 15.1. The Labute approximate surface area is 154 Å². The number of nitrogens with zero attached hydrogens (tertiary/aromatic N) is 4. The van der Waals surface area contributed by atoms with Gasteiger partial charge in [0.2, 0.25) is 5.91 Å². The van der Waals surface area contributed by atoms with Crippen LogP contribution in [0.25, 0.3) is 0 Å². The Morgan fingerprint density at radius 3 is 2.46 bits per heavy atom. The lowest BCUT2D eigenvalue weighted by Gasteiger charge is -2.34. The molecular weight excluding hydrogens is 331 g/mol. The zero-order valence-electron chi connectivity index (χ0n) is 15.1. The summed E-state index contributed by atoms with van der Waals surface area (Å²) >= 11 is 0. The molecule has 2 aromatic rings. The standard InChI is InChI=1S/C20H25FN4O/c1-23(14-17-6-2-3-8-19(17)21)20(26)16-25-12-10-24(11-13-25)15-18-7-4-5-9-22-18/h2-9H,10-16H2,1H3. The van der Waals surface area contributed by atoms with Gasteiger partial charge in [-0.15, -0.1) is 0 Å². The summed E-state index contributed by atoms with van der Waals surface area (Å²) in [6.45, 7) is 5.06. The zero-order chi connectivity index (χ0) is 18.4. The molecule has 0 radical (unpaired) electrons. The van der Waals surface area contributed by atoms with Crippen LogP contribution in [-0.4, -0.2) is 65.4 Å². The summed E-state index contributed by atoms with van der Waals surface area (Å²) < 4.78 is 13.7. The van der Waals surface area contributed by atoms with Gasteiger partial charge in [0.05, 0.1) is 12.2 Å². The van der Waals surface area contributed by atoms with Crippen molar-refractivity contribution >= 4 is 5.91 Å². The number of likely N-dealkylation sites (N-methyl/N-ethyl adjacent to an activating group) is 1. The molecule has 1 saturated heterocycles. The first-order valence-corrected chi connectivity index (χ1v) is 8.94. The average Bonchev–Trinajstić information content (AvgIpc) is 2.66. The lowest BCUT2D eigenvalue weighted by atomic mass is 10.2. The van der Waals surface area contributed by atoms with Crippen LogP contribution in [0.5, 0.6) is 0 Å². The molecule has 3 rings (SSSR count). The molecule has 1 aliphatic rings. The molecule has 0 bridgehead atoms. The maximum Gasteiger partial charge on any atom is 0.236 e. The predicted octanol–water partition coefficient (Wildman–Crippen LogP) is 2.00. The number of amides is 1. The van der Waals surface area contributed by atoms with Crippen LogP contribution < -0.4 is 0 Å². The van der Waals surface area contributed by atoms with Crippen molar-refractivity contribution in [2.45, 2.75) is 13.1 Å². The number of aromatic nitrogens is 1. The monoisotopic (exact) mass is 356 g/mol. The molecule has 0 unspecified atom stereocenters. The highest BCUT2D eigenvalue weighted by Gasteiger charge is 2.21. The van der Waals surface area contributed by atoms with Gasteiger partial charge in [0.1, 0.15) is 5.82 Å². The summed E-state index contributed by atoms with van der Waals surface area (Å²) in [4.78, 5) is 22.9. The maximum atomic E-state index is 13.7. The summed E-state index contributed by atoms with van der Waals surface area (Å²) in [5.74, 6) is -0.248. The van der Waals surface area contributed by atoms with Gasteiger partial charge in [-0.25, -0.2) is 4.39 Å². The van der Waals surface area contributed by atoms with E-state index in [-0.39, 0.29) is 11.7 Å². The summed E-state index contributed by atoms with van der Waals surface area (Å²) in [6.07, 6.45) is 1.82. The molecule has 2 heterocycles. The van der Waals surface area contributed by atoms with Crippen LogP contribution >= 0.6 is 0 Å². The van der Waals surface area contributed by atoms with E-state index < -0.39 is 0 Å². The number of piperazine rings is 1. The van der Waals surface area contributed by atoms with Gasteiger partial charge < -0.3 is 4.90 Å². The van der Waals surface area contributed by atoms with Crippen LogP contribution in [-0.2, 0) is 17.9 Å². The summed E-state index contributed by atoms with van der Waals surface area (Å²) in [5.41, 5.74) is 1.62. The number of pyridine rings is 1. The van der Waals surface area contributed by atoms with Crippen molar-refractivity contribution in [2.24, 2.45) is 0 Å². The molecule has 0 aliphatic carbocycles. The van der Waals surface area contributed by atoms with E-state index >= 15 is 0 Å². The Balaban J connectivity index is 1.43. The second-order valence-electron chi connectivity index (χ2n) is 6.71. The maximum absolute atomic E-state index is 13.7. The first-order chi connectivity index (χ1) is 12.6. The number of hydrogen-bond acceptors (Lipinski definition) is 4. The minimum Gasteiger partial charge on any atom is -0.340 e. The molecule has 0 spiro atoms. The summed E-state index contributed by atoms with van der Waals surface area (Å²) in [7, 11) is 1.73. The molecule has 0 atom stereocenters. The van der Waals surface area contributed by atoms with E-state index in [1.807, 2.05) is 24.4 Å². The summed E-state index contributed by atoms with van der Waals surface area (Å²) in [6, 6.07) is 12.5. The van der Waals surface area contributed by atoms with Crippen molar-refractivity contribution in [2.75, 3.05) is 39.8 Å². The van der Waals surface area contributed by atoms with Crippen LogP contribution in [0.2, 0.25) is 0 Å². The highest BCUT2D eigenvalue weighted by molar-refractivity contribution is 5.78. The number of hydrogen-bond donors (Lipinski definition) is 0. The molecule has 1 aliphatic heterocycles. The second kappa shape index (κ2) is 8.87. The van der Waals surface area contributed by atoms with Crippen molar-refractivity contribution in [3.63, 3.8) is 0 Å². The first kappa shape index (κ1) is 18.5. The van der Waals surface area contributed by atoms with Crippen LogP contribution in [0.4, 0.5) is 4.39 Å². The third-order valence-electron chi connectivity index (χ3n) is 4.73. The smallest absolute Gasteiger partial charge is 0.236 e. The normalized spacial score (nSPS) is 15.8. The number of halogens is 1. The van der Waals surface area contributed by atoms with Gasteiger partial charge >= 0.3 is 0 Å². The van der Waals surface area contributed by atoms with Crippen molar-refractivity contribution < 1.29 is 9.18 Å². The third-order valence-corrected chi connectivity index (χ3v) is 4.73. The lowest BCUT2D eigenvalue weighted by molar-refractivity contribution is -0.132. The second-order valence-corrected chi connectivity index (χ2v) is 6.71. The Kier molecular flexibility index (Phi) is 6.30. The van der Waals surface area contributed by atoms with Crippen LogP contribution in [0.15, 0.2) is 48.7 Å². The third kappa shape index (κ3) is 5.09. The van der Waals surface area contributed by atoms with Gasteiger partial charge in [-0.3, -0.25) is 19.6 Å². The average molecular weight is 356 g/mol. The predicted molar refractivity (Wildman–Crippen MR) is 98.8 cm³/mol. The van der Waals surface area contributed by atoms with Crippen LogP contribution in [0.1, 0.15) is 11.3 Å². The lowest BCUT2D eigenvalue weighted by Crippen LogP contribution is -2.49. The molecule has 6 heteroatoms. The molecule has 138 valence electrons. The highest BCUT2D eigenvalue weighted by Crippen LogP contribution is 2.10. The van der Waals surface area contributed by atoms with Crippen molar-refractivity contribution in [3.8, 4) is 0 Å². The minimum absolute atomic E-state index is 0.0198. The van der Waals surface area contributed by atoms with Crippen LogP contribution in [0.3, 0.4) is 0 Å². The Hall–Kier alpha value is -2.31. The molecule has 5 nitrogen and oxygen atoms in total. The Bertz CT molecular complexity index is 717. The van der Waals surface area contributed by atoms with E-state index in [1.54, 1.807) is 30.1 Å². The van der Waals surface area contributed by atoms with Gasteiger partial charge in [-0.05, 0) is 18.2 Å². The van der Waals surface area contributed by atoms with Crippen molar-refractivity contribution in [1.29, 1.82) is 0 Å². The number of benzene rings is 1. The molecule has 1 aromatic carbocycles. The van der Waals surface area contributed by atoms with E-state index in [1.165, 1.54) is 6.07 Å². The number of carbonyl (C=O) groups is 1. The molecule has 1 amide bonds. The van der Waals surface area contributed by atoms with E-state index in [9.17, 15) is 9.18 Å². The molecule has 0 saturated carbocycles. The number of rotatable bonds is 6. The quantitative estimate of drug-likeness (QED) is 0.794. The minimum atomic E-state index is -0.268. The van der Waals surface area contributed by atoms with E-state index in [0.29, 0.717) is 18.7 Å². The summed E-state index contributed by atoms with van der Waals surface area (Å²) in [5, 5.41) is 0. The molecular formula is C20H25FN4O. The topological polar surface area (TPSA) is 39.7 Å². The SMILES string of the molecule is CN(Cc1ccccc1F)C(=O)CN1CCN(Cc2ccccn2)CC1. The fourth-order valence-corrected chi connectivity index (χ4v) is 3.11. The molecule has 1 fully saturated rings. The fourth-order valence-electron chi connectivity index (χ4n) is 3.11. The molecule has 0 N–H and O–H groups in total. The van der Waals surface area contributed by atoms with E-state index in [4.69, 9.17) is 0 Å². The van der Waals surface area contributed by atoms with Gasteiger partial charge in [0.25, 0.3) is 0 Å². The largest absolute Gasteiger partial charge is 0.340 e. The van der Waals surface area contributed by atoms with E-state index in [0.717, 1.165) is 38.4 Å². The van der Waals surface area contributed by atoms with Gasteiger partial charge in [0.15, 0.2) is 0 Å². The Morgan fingerprint density at radius 1 is 1.08 bits per heavy atom. The van der Waals surface area contributed by atoms with Gasteiger partial charge in [-0.1, -0.05) is 24.3 Å². The molecule has 26 heavy (non-hydrogen) atoms. The number of carbonyl (C=O) groups excluding carboxylic acids is 1. The van der Waals surface area contributed by atoms with Gasteiger partial charge in [-0.2, -0.15) is 0 Å². The fraction of sp³-hybridized carbons (Fsp3) is 0.400. The Morgan fingerprint density at radius 2 is 1.77 bits per heavy atom. The van der Waals surface area contributed by atoms with Gasteiger partial charge in [0, 0.05) is 58.1 Å². The van der Waals surface area contributed by atoms with Crippen molar-refractivity contribution in [3.05, 3.63) is 65.7 Å².